The van der Waals surface area contributed by atoms with Crippen molar-refractivity contribution in [2.75, 3.05) is 18.9 Å². The Hall–Kier alpha value is -2.08. The van der Waals surface area contributed by atoms with Crippen LogP contribution in [0.3, 0.4) is 0 Å². The summed E-state index contributed by atoms with van der Waals surface area (Å²) in [6.45, 7) is 0.389. The summed E-state index contributed by atoms with van der Waals surface area (Å²) in [6.07, 6.45) is 0.655. The molecule has 4 N–H and O–H groups in total. The van der Waals surface area contributed by atoms with Crippen LogP contribution >= 0.6 is 0 Å². The van der Waals surface area contributed by atoms with Crippen LogP contribution in [0.2, 0.25) is 0 Å². The molecule has 98 valence electrons. The lowest BCUT2D eigenvalue weighted by molar-refractivity contribution is -0.129. The third-order valence-electron chi connectivity index (χ3n) is 2.43. The number of benzene rings is 1. The van der Waals surface area contributed by atoms with Gasteiger partial charge in [0, 0.05) is 31.3 Å². The molecule has 0 atom stereocenters. The second kappa shape index (κ2) is 7.29. The van der Waals surface area contributed by atoms with Crippen molar-refractivity contribution in [1.82, 2.24) is 10.8 Å². The van der Waals surface area contributed by atoms with Crippen LogP contribution in [-0.4, -0.2) is 30.6 Å². The molecule has 1 aromatic carbocycles. The number of hydrogen-bond acceptors (Lipinski definition) is 4. The molecule has 0 spiro atoms. The van der Waals surface area contributed by atoms with Gasteiger partial charge in [-0.15, -0.1) is 0 Å². The Bertz CT molecular complexity index is 404. The first-order valence-electron chi connectivity index (χ1n) is 5.66. The van der Waals surface area contributed by atoms with Gasteiger partial charge in [0.2, 0.25) is 5.91 Å². The lowest BCUT2D eigenvalue weighted by Gasteiger charge is -2.05. The SMILES string of the molecule is CNc1ccc(C(=O)NCCCC(=O)NO)cc1. The number of rotatable bonds is 6. The highest BCUT2D eigenvalue weighted by molar-refractivity contribution is 5.94. The second-order valence-electron chi connectivity index (χ2n) is 3.72. The predicted molar refractivity (Wildman–Crippen MR) is 67.5 cm³/mol. The second-order valence-corrected chi connectivity index (χ2v) is 3.72. The fraction of sp³-hybridized carbons (Fsp3) is 0.333. The zero-order valence-electron chi connectivity index (χ0n) is 10.2. The van der Waals surface area contributed by atoms with E-state index in [0.717, 1.165) is 5.69 Å². The van der Waals surface area contributed by atoms with E-state index in [-0.39, 0.29) is 12.3 Å². The quantitative estimate of drug-likeness (QED) is 0.341. The minimum absolute atomic E-state index is 0.176. The van der Waals surface area contributed by atoms with E-state index in [1.807, 2.05) is 12.1 Å². The third-order valence-corrected chi connectivity index (χ3v) is 2.43. The van der Waals surface area contributed by atoms with E-state index in [9.17, 15) is 9.59 Å². The van der Waals surface area contributed by atoms with Crippen LogP contribution in [0.5, 0.6) is 0 Å². The van der Waals surface area contributed by atoms with Gasteiger partial charge < -0.3 is 10.6 Å². The van der Waals surface area contributed by atoms with Gasteiger partial charge in [0.25, 0.3) is 5.91 Å². The molecule has 0 unspecified atom stereocenters. The first kappa shape index (κ1) is 14.0. The van der Waals surface area contributed by atoms with E-state index in [2.05, 4.69) is 10.6 Å². The van der Waals surface area contributed by atoms with E-state index in [1.54, 1.807) is 19.2 Å². The Kier molecular flexibility index (Phi) is 5.66. The van der Waals surface area contributed by atoms with Gasteiger partial charge in [0.15, 0.2) is 0 Å². The van der Waals surface area contributed by atoms with E-state index in [4.69, 9.17) is 5.21 Å². The molecular weight excluding hydrogens is 234 g/mol. The number of hydroxylamine groups is 1. The lowest BCUT2D eigenvalue weighted by atomic mass is 10.2. The van der Waals surface area contributed by atoms with Gasteiger partial charge in [-0.05, 0) is 30.7 Å². The topological polar surface area (TPSA) is 90.5 Å². The minimum atomic E-state index is -0.456. The molecule has 6 heteroatoms. The molecule has 18 heavy (non-hydrogen) atoms. The zero-order chi connectivity index (χ0) is 13.4. The monoisotopic (exact) mass is 251 g/mol. The fourth-order valence-corrected chi connectivity index (χ4v) is 1.40. The Morgan fingerprint density at radius 3 is 2.44 bits per heavy atom. The summed E-state index contributed by atoms with van der Waals surface area (Å²) in [5.74, 6) is -0.635. The van der Waals surface area contributed by atoms with Crippen molar-refractivity contribution in [2.24, 2.45) is 0 Å². The molecule has 2 amide bonds. The molecule has 0 saturated carbocycles. The van der Waals surface area contributed by atoms with Crippen LogP contribution in [0.1, 0.15) is 23.2 Å². The van der Waals surface area contributed by atoms with Crippen LogP contribution < -0.4 is 16.1 Å². The Balaban J connectivity index is 2.33. The zero-order valence-corrected chi connectivity index (χ0v) is 10.2. The molecule has 1 aromatic rings. The summed E-state index contributed by atoms with van der Waals surface area (Å²) in [6, 6.07) is 7.07. The molecule has 0 saturated heterocycles. The maximum absolute atomic E-state index is 11.7. The Morgan fingerprint density at radius 2 is 1.89 bits per heavy atom. The van der Waals surface area contributed by atoms with E-state index in [0.29, 0.717) is 18.5 Å². The van der Waals surface area contributed by atoms with Crippen molar-refractivity contribution in [1.29, 1.82) is 0 Å². The Labute approximate surface area is 105 Å². The van der Waals surface area contributed by atoms with Crippen LogP contribution in [0.15, 0.2) is 24.3 Å². The number of anilines is 1. The number of amides is 2. The molecule has 0 aliphatic rings. The summed E-state index contributed by atoms with van der Waals surface area (Å²) < 4.78 is 0. The van der Waals surface area contributed by atoms with Crippen molar-refractivity contribution in [3.8, 4) is 0 Å². The highest BCUT2D eigenvalue weighted by atomic mass is 16.5. The summed E-state index contributed by atoms with van der Waals surface area (Å²) in [7, 11) is 1.81. The normalized spacial score (nSPS) is 9.67. The van der Waals surface area contributed by atoms with Gasteiger partial charge in [-0.1, -0.05) is 0 Å². The summed E-state index contributed by atoms with van der Waals surface area (Å²) >= 11 is 0. The van der Waals surface area contributed by atoms with Gasteiger partial charge in [-0.2, -0.15) is 0 Å². The maximum Gasteiger partial charge on any atom is 0.251 e. The molecule has 0 aromatic heterocycles. The van der Waals surface area contributed by atoms with Crippen molar-refractivity contribution in [3.63, 3.8) is 0 Å². The van der Waals surface area contributed by atoms with Crippen molar-refractivity contribution in [3.05, 3.63) is 29.8 Å². The summed E-state index contributed by atoms with van der Waals surface area (Å²) in [5, 5.41) is 13.9. The number of nitrogens with one attached hydrogen (secondary N) is 3. The average Bonchev–Trinajstić information content (AvgIpc) is 2.43. The van der Waals surface area contributed by atoms with Gasteiger partial charge in [-0.25, -0.2) is 5.48 Å². The lowest BCUT2D eigenvalue weighted by Crippen LogP contribution is -2.26. The molecule has 0 bridgehead atoms. The fourth-order valence-electron chi connectivity index (χ4n) is 1.40. The molecule has 0 aliphatic heterocycles. The third kappa shape index (κ3) is 4.42. The van der Waals surface area contributed by atoms with Crippen molar-refractivity contribution < 1.29 is 14.8 Å². The molecule has 0 aliphatic carbocycles. The highest BCUT2D eigenvalue weighted by Crippen LogP contribution is 2.08. The molecule has 0 heterocycles. The van der Waals surface area contributed by atoms with Gasteiger partial charge in [0.1, 0.15) is 0 Å². The van der Waals surface area contributed by atoms with Crippen LogP contribution in [0.25, 0.3) is 0 Å². The van der Waals surface area contributed by atoms with Crippen LogP contribution in [-0.2, 0) is 4.79 Å². The van der Waals surface area contributed by atoms with E-state index in [1.165, 1.54) is 5.48 Å². The van der Waals surface area contributed by atoms with Gasteiger partial charge in [-0.3, -0.25) is 14.8 Å². The standard InChI is InChI=1S/C12H17N3O3/c1-13-10-6-4-9(5-7-10)12(17)14-8-2-3-11(16)15-18/h4-7,13,18H,2-3,8H2,1H3,(H,14,17)(H,15,16). The average molecular weight is 251 g/mol. The molecule has 1 rings (SSSR count). The largest absolute Gasteiger partial charge is 0.388 e. The van der Waals surface area contributed by atoms with Crippen LogP contribution in [0.4, 0.5) is 5.69 Å². The van der Waals surface area contributed by atoms with Gasteiger partial charge >= 0.3 is 0 Å². The molecular formula is C12H17N3O3. The molecule has 0 radical (unpaired) electrons. The number of carbonyl (C=O) groups excluding carboxylic acids is 2. The first-order valence-corrected chi connectivity index (χ1v) is 5.66. The predicted octanol–water partition coefficient (Wildman–Crippen LogP) is 0.744. The first-order chi connectivity index (χ1) is 8.67. The summed E-state index contributed by atoms with van der Waals surface area (Å²) in [4.78, 5) is 22.4. The molecule has 0 fully saturated rings. The van der Waals surface area contributed by atoms with Crippen LogP contribution in [0, 0.1) is 0 Å². The number of hydrogen-bond donors (Lipinski definition) is 4. The summed E-state index contributed by atoms with van der Waals surface area (Å²) in [5.41, 5.74) is 3.05. The minimum Gasteiger partial charge on any atom is -0.388 e. The molecule has 6 nitrogen and oxygen atoms in total. The van der Waals surface area contributed by atoms with Gasteiger partial charge in [0.05, 0.1) is 0 Å². The number of carbonyl (C=O) groups is 2. The highest BCUT2D eigenvalue weighted by Gasteiger charge is 2.05. The maximum atomic E-state index is 11.7. The van der Waals surface area contributed by atoms with Crippen molar-refractivity contribution in [2.45, 2.75) is 12.8 Å². The van der Waals surface area contributed by atoms with Crippen molar-refractivity contribution >= 4 is 17.5 Å². The van der Waals surface area contributed by atoms with E-state index >= 15 is 0 Å². The Morgan fingerprint density at radius 1 is 1.22 bits per heavy atom. The smallest absolute Gasteiger partial charge is 0.251 e. The van der Waals surface area contributed by atoms with E-state index < -0.39 is 5.91 Å².